The van der Waals surface area contributed by atoms with Crippen molar-refractivity contribution in [1.82, 2.24) is 5.32 Å². The molecule has 19 heavy (non-hydrogen) atoms. The zero-order valence-electron chi connectivity index (χ0n) is 11.6. The van der Waals surface area contributed by atoms with Crippen LogP contribution in [0, 0.1) is 0 Å². The van der Waals surface area contributed by atoms with Gasteiger partial charge in [-0.1, -0.05) is 0 Å². The number of nitrogens with two attached hydrogens (primary N) is 1. The largest absolute Gasteiger partial charge is 0.462 e. The van der Waals surface area contributed by atoms with Crippen molar-refractivity contribution in [3.63, 3.8) is 0 Å². The summed E-state index contributed by atoms with van der Waals surface area (Å²) in [6, 6.07) is 0. The molecular formula is C12H19N3O3S. The van der Waals surface area contributed by atoms with Crippen LogP contribution in [0.3, 0.4) is 0 Å². The summed E-state index contributed by atoms with van der Waals surface area (Å²) in [5, 5.41) is 3.16. The third kappa shape index (κ3) is 2.98. The van der Waals surface area contributed by atoms with Gasteiger partial charge in [-0.15, -0.1) is 11.3 Å². The molecule has 1 heterocycles. The minimum absolute atomic E-state index is 0.179. The first kappa shape index (κ1) is 15.3. The van der Waals surface area contributed by atoms with Crippen LogP contribution >= 0.6 is 11.3 Å². The molecule has 7 heteroatoms. The fraction of sp³-hybridized carbons (Fsp3) is 0.500. The molecule has 0 aliphatic carbocycles. The van der Waals surface area contributed by atoms with Crippen molar-refractivity contribution in [2.45, 2.75) is 13.8 Å². The average molecular weight is 285 g/mol. The molecule has 0 aromatic carbocycles. The Morgan fingerprint density at radius 1 is 1.42 bits per heavy atom. The predicted octanol–water partition coefficient (Wildman–Crippen LogP) is 1.32. The number of ether oxygens (including phenoxy) is 1. The summed E-state index contributed by atoms with van der Waals surface area (Å²) in [5.74, 6) is -0.800. The van der Waals surface area contributed by atoms with Crippen molar-refractivity contribution < 1.29 is 14.3 Å². The van der Waals surface area contributed by atoms with Gasteiger partial charge in [0.25, 0.3) is 5.91 Å². The number of nitrogens with one attached hydrogen (secondary N) is 1. The highest BCUT2D eigenvalue weighted by Gasteiger charge is 2.27. The van der Waals surface area contributed by atoms with Crippen LogP contribution in [0.4, 0.5) is 10.7 Å². The van der Waals surface area contributed by atoms with Crippen LogP contribution in [0.2, 0.25) is 0 Å². The molecule has 3 N–H and O–H groups in total. The fourth-order valence-corrected chi connectivity index (χ4v) is 2.71. The number of anilines is 2. The third-order valence-electron chi connectivity index (χ3n) is 2.66. The molecule has 106 valence electrons. The smallest absolute Gasteiger partial charge is 0.343 e. The van der Waals surface area contributed by atoms with Crippen molar-refractivity contribution >= 4 is 33.9 Å². The number of carbonyl (C=O) groups excluding carboxylic acids is 2. The van der Waals surface area contributed by atoms with Crippen LogP contribution in [-0.4, -0.2) is 39.1 Å². The van der Waals surface area contributed by atoms with Crippen molar-refractivity contribution in [1.29, 1.82) is 0 Å². The van der Waals surface area contributed by atoms with Crippen molar-refractivity contribution in [2.24, 2.45) is 0 Å². The Morgan fingerprint density at radius 2 is 2.05 bits per heavy atom. The van der Waals surface area contributed by atoms with Gasteiger partial charge in [0.1, 0.15) is 15.4 Å². The molecule has 1 rings (SSSR count). The molecule has 0 radical (unpaired) electrons. The lowest BCUT2D eigenvalue weighted by Crippen LogP contribution is -2.19. The normalized spacial score (nSPS) is 10.1. The van der Waals surface area contributed by atoms with Gasteiger partial charge >= 0.3 is 5.97 Å². The highest BCUT2D eigenvalue weighted by molar-refractivity contribution is 7.19. The van der Waals surface area contributed by atoms with Crippen LogP contribution in [0.5, 0.6) is 0 Å². The molecule has 0 saturated carbocycles. The van der Waals surface area contributed by atoms with E-state index in [0.29, 0.717) is 16.4 Å². The molecule has 1 aromatic rings. The molecular weight excluding hydrogens is 266 g/mol. The maximum atomic E-state index is 12.0. The molecule has 0 spiro atoms. The Kier molecular flexibility index (Phi) is 5.17. The average Bonchev–Trinajstić information content (AvgIpc) is 2.75. The molecule has 0 saturated heterocycles. The van der Waals surface area contributed by atoms with E-state index in [0.717, 1.165) is 0 Å². The summed E-state index contributed by atoms with van der Waals surface area (Å²) in [6.07, 6.45) is 0. The van der Waals surface area contributed by atoms with E-state index in [1.807, 2.05) is 18.9 Å². The summed E-state index contributed by atoms with van der Waals surface area (Å²) in [4.78, 5) is 25.9. The highest BCUT2D eigenvalue weighted by Crippen LogP contribution is 2.38. The van der Waals surface area contributed by atoms with E-state index in [1.165, 1.54) is 18.4 Å². The Morgan fingerprint density at radius 3 is 2.53 bits per heavy atom. The minimum atomic E-state index is -0.498. The van der Waals surface area contributed by atoms with E-state index in [2.05, 4.69) is 5.32 Å². The first-order valence-electron chi connectivity index (χ1n) is 6.00. The first-order valence-corrected chi connectivity index (χ1v) is 6.82. The van der Waals surface area contributed by atoms with Gasteiger partial charge in [0.05, 0.1) is 12.3 Å². The zero-order valence-corrected chi connectivity index (χ0v) is 12.4. The van der Waals surface area contributed by atoms with E-state index in [1.54, 1.807) is 6.92 Å². The van der Waals surface area contributed by atoms with Gasteiger partial charge < -0.3 is 20.7 Å². The molecule has 0 fully saturated rings. The zero-order chi connectivity index (χ0) is 14.6. The van der Waals surface area contributed by atoms with Crippen molar-refractivity contribution in [3.05, 3.63) is 10.4 Å². The molecule has 6 nitrogen and oxygen atoms in total. The van der Waals surface area contributed by atoms with E-state index in [-0.39, 0.29) is 23.8 Å². The van der Waals surface area contributed by atoms with Crippen LogP contribution in [0.1, 0.15) is 33.9 Å². The maximum Gasteiger partial charge on any atom is 0.343 e. The molecule has 0 unspecified atom stereocenters. The summed E-state index contributed by atoms with van der Waals surface area (Å²) in [6.45, 7) is 4.63. The predicted molar refractivity (Wildman–Crippen MR) is 77.0 cm³/mol. The molecule has 0 aliphatic heterocycles. The summed E-state index contributed by atoms with van der Waals surface area (Å²) in [5.41, 5.74) is 6.38. The number of nitrogens with zero attached hydrogens (tertiary/aromatic N) is 1. The van der Waals surface area contributed by atoms with Gasteiger partial charge in [0, 0.05) is 20.6 Å². The topological polar surface area (TPSA) is 84.7 Å². The summed E-state index contributed by atoms with van der Waals surface area (Å²) in [7, 11) is 3.36. The van der Waals surface area contributed by atoms with Crippen LogP contribution in [-0.2, 0) is 4.74 Å². The third-order valence-corrected chi connectivity index (χ3v) is 3.98. The van der Waals surface area contributed by atoms with E-state index in [4.69, 9.17) is 10.5 Å². The van der Waals surface area contributed by atoms with Crippen LogP contribution < -0.4 is 16.0 Å². The monoisotopic (exact) mass is 285 g/mol. The van der Waals surface area contributed by atoms with Gasteiger partial charge in [-0.3, -0.25) is 4.79 Å². The van der Waals surface area contributed by atoms with E-state index < -0.39 is 5.97 Å². The summed E-state index contributed by atoms with van der Waals surface area (Å²) < 4.78 is 5.00. The standard InChI is InChI=1S/C12H19N3O3S/c1-5-15(4)11-7(12(17)18-6-2)8(13)9(19-11)10(16)14-3/h5-6,13H2,1-4H3,(H,14,16). The van der Waals surface area contributed by atoms with Crippen LogP contribution in [0.15, 0.2) is 0 Å². The quantitative estimate of drug-likeness (QED) is 0.797. The van der Waals surface area contributed by atoms with Gasteiger partial charge in [-0.2, -0.15) is 0 Å². The highest BCUT2D eigenvalue weighted by atomic mass is 32.1. The number of thiophene rings is 1. The summed E-state index contributed by atoms with van der Waals surface area (Å²) >= 11 is 1.19. The molecule has 0 bridgehead atoms. The lowest BCUT2D eigenvalue weighted by molar-refractivity contribution is 0.0529. The second kappa shape index (κ2) is 6.42. The molecule has 0 atom stereocenters. The van der Waals surface area contributed by atoms with Gasteiger partial charge in [-0.05, 0) is 13.8 Å². The van der Waals surface area contributed by atoms with Crippen molar-refractivity contribution in [3.8, 4) is 0 Å². The van der Waals surface area contributed by atoms with Gasteiger partial charge in [-0.25, -0.2) is 4.79 Å². The van der Waals surface area contributed by atoms with Gasteiger partial charge in [0.2, 0.25) is 0 Å². The Labute approximate surface area is 116 Å². The van der Waals surface area contributed by atoms with Crippen LogP contribution in [0.25, 0.3) is 0 Å². The first-order chi connectivity index (χ1) is 8.97. The molecule has 1 amide bonds. The Bertz CT molecular complexity index is 485. The number of amides is 1. The maximum absolute atomic E-state index is 12.0. The van der Waals surface area contributed by atoms with Gasteiger partial charge in [0.15, 0.2) is 0 Å². The number of nitrogen functional groups attached to an aromatic ring is 1. The Hall–Kier alpha value is -1.76. The number of hydrogen-bond donors (Lipinski definition) is 2. The lowest BCUT2D eigenvalue weighted by Gasteiger charge is -2.16. The lowest BCUT2D eigenvalue weighted by atomic mass is 10.2. The molecule has 0 aliphatic rings. The number of rotatable bonds is 5. The minimum Gasteiger partial charge on any atom is -0.462 e. The molecule has 1 aromatic heterocycles. The SMILES string of the molecule is CCOC(=O)c1c(N(C)CC)sc(C(=O)NC)c1N. The number of hydrogen-bond acceptors (Lipinski definition) is 6. The fourth-order valence-electron chi connectivity index (χ4n) is 1.53. The van der Waals surface area contributed by atoms with E-state index >= 15 is 0 Å². The van der Waals surface area contributed by atoms with E-state index in [9.17, 15) is 9.59 Å². The second-order valence-electron chi connectivity index (χ2n) is 3.84. The number of carbonyl (C=O) groups is 2. The van der Waals surface area contributed by atoms with Crippen molar-refractivity contribution in [2.75, 3.05) is 37.9 Å². The Balaban J connectivity index is 3.35. The second-order valence-corrected chi connectivity index (χ2v) is 4.84. The number of esters is 1.